The fourth-order valence-corrected chi connectivity index (χ4v) is 4.81. The highest BCUT2D eigenvalue weighted by molar-refractivity contribution is 6.25. The van der Waals surface area contributed by atoms with Gasteiger partial charge in [0.25, 0.3) is 11.8 Å². The summed E-state index contributed by atoms with van der Waals surface area (Å²) in [5.41, 5.74) is 0.743. The maximum absolute atomic E-state index is 13.4. The molecule has 1 aromatic rings. The smallest absolute Gasteiger partial charge is 0.407 e. The minimum absolute atomic E-state index is 0.0859. The standard InChI is InChI=1S/C26H35N5O7/c1-26(2,3)38-25(36)27-9-15-37-16-14-29-10-12-30(13-11-29)18-6-4-5-17-21(18)24(35)31(23(17)34)19-7-8-20(32)28-22(19)33/h4-6,19H,7-16H2,1-3H3,(H,27,36)(H,28,32,33). The van der Waals surface area contributed by atoms with Crippen molar-refractivity contribution in [1.82, 2.24) is 20.4 Å². The summed E-state index contributed by atoms with van der Waals surface area (Å²) in [7, 11) is 0. The fourth-order valence-electron chi connectivity index (χ4n) is 4.81. The average Bonchev–Trinajstić information content (AvgIpc) is 3.11. The maximum atomic E-state index is 13.4. The molecule has 12 nitrogen and oxygen atoms in total. The zero-order valence-electron chi connectivity index (χ0n) is 22.1. The molecule has 38 heavy (non-hydrogen) atoms. The molecule has 0 bridgehead atoms. The first kappa shape index (κ1) is 27.5. The third kappa shape index (κ3) is 6.30. The van der Waals surface area contributed by atoms with Gasteiger partial charge in [-0.25, -0.2) is 4.79 Å². The predicted molar refractivity (Wildman–Crippen MR) is 137 cm³/mol. The van der Waals surface area contributed by atoms with Crippen LogP contribution in [0.3, 0.4) is 0 Å². The molecule has 0 spiro atoms. The molecule has 1 aromatic carbocycles. The Morgan fingerprint density at radius 3 is 2.47 bits per heavy atom. The number of nitrogens with zero attached hydrogens (tertiary/aromatic N) is 3. The van der Waals surface area contributed by atoms with Gasteiger partial charge in [0, 0.05) is 45.7 Å². The van der Waals surface area contributed by atoms with Crippen molar-refractivity contribution >= 4 is 35.4 Å². The first-order valence-electron chi connectivity index (χ1n) is 12.9. The third-order valence-electron chi connectivity index (χ3n) is 6.63. The maximum Gasteiger partial charge on any atom is 0.407 e. The van der Waals surface area contributed by atoms with Crippen molar-refractivity contribution in [2.24, 2.45) is 0 Å². The number of hydrogen-bond acceptors (Lipinski definition) is 9. The number of ether oxygens (including phenoxy) is 2. The van der Waals surface area contributed by atoms with E-state index in [1.807, 2.05) is 26.8 Å². The second-order valence-electron chi connectivity index (χ2n) is 10.5. The van der Waals surface area contributed by atoms with Crippen LogP contribution in [0, 0.1) is 0 Å². The number of benzene rings is 1. The second kappa shape index (κ2) is 11.5. The average molecular weight is 530 g/mol. The van der Waals surface area contributed by atoms with Crippen molar-refractivity contribution in [3.63, 3.8) is 0 Å². The van der Waals surface area contributed by atoms with Gasteiger partial charge < -0.3 is 19.7 Å². The van der Waals surface area contributed by atoms with E-state index >= 15 is 0 Å². The predicted octanol–water partition coefficient (Wildman–Crippen LogP) is 0.751. The molecule has 3 aliphatic heterocycles. The van der Waals surface area contributed by atoms with Crippen LogP contribution in [-0.2, 0) is 19.1 Å². The van der Waals surface area contributed by atoms with E-state index in [4.69, 9.17) is 9.47 Å². The molecule has 0 aromatic heterocycles. The number of piperazine rings is 1. The van der Waals surface area contributed by atoms with Gasteiger partial charge in [-0.1, -0.05) is 6.07 Å². The number of amides is 5. The topological polar surface area (TPSA) is 138 Å². The van der Waals surface area contributed by atoms with E-state index in [9.17, 15) is 24.0 Å². The van der Waals surface area contributed by atoms with E-state index in [1.54, 1.807) is 12.1 Å². The Labute approximate surface area is 221 Å². The van der Waals surface area contributed by atoms with Gasteiger partial charge in [0.15, 0.2) is 0 Å². The molecular formula is C26H35N5O7. The number of nitrogens with one attached hydrogen (secondary N) is 2. The van der Waals surface area contributed by atoms with Crippen LogP contribution in [0.2, 0.25) is 0 Å². The summed E-state index contributed by atoms with van der Waals surface area (Å²) >= 11 is 0. The highest BCUT2D eigenvalue weighted by atomic mass is 16.6. The van der Waals surface area contributed by atoms with Crippen molar-refractivity contribution in [2.75, 3.05) is 57.4 Å². The van der Waals surface area contributed by atoms with E-state index in [1.165, 1.54) is 0 Å². The van der Waals surface area contributed by atoms with Crippen LogP contribution >= 0.6 is 0 Å². The van der Waals surface area contributed by atoms with Crippen LogP contribution in [0.15, 0.2) is 18.2 Å². The second-order valence-corrected chi connectivity index (χ2v) is 10.5. The summed E-state index contributed by atoms with van der Waals surface area (Å²) in [6.07, 6.45) is -0.253. The van der Waals surface area contributed by atoms with Crippen molar-refractivity contribution in [3.8, 4) is 0 Å². The summed E-state index contributed by atoms with van der Waals surface area (Å²) in [5, 5.41) is 4.88. The van der Waals surface area contributed by atoms with Crippen molar-refractivity contribution < 1.29 is 33.4 Å². The van der Waals surface area contributed by atoms with Crippen LogP contribution in [0.1, 0.15) is 54.3 Å². The van der Waals surface area contributed by atoms with Gasteiger partial charge in [-0.3, -0.25) is 34.3 Å². The van der Waals surface area contributed by atoms with Gasteiger partial charge in [-0.15, -0.1) is 0 Å². The molecule has 0 aliphatic carbocycles. The monoisotopic (exact) mass is 529 g/mol. The molecule has 12 heteroatoms. The number of carbonyl (C=O) groups is 5. The van der Waals surface area contributed by atoms with Crippen LogP contribution in [-0.4, -0.2) is 104 Å². The minimum Gasteiger partial charge on any atom is -0.444 e. The van der Waals surface area contributed by atoms with Crippen molar-refractivity contribution in [3.05, 3.63) is 29.3 Å². The zero-order chi connectivity index (χ0) is 27.4. The molecule has 3 aliphatic rings. The lowest BCUT2D eigenvalue weighted by molar-refractivity contribution is -0.136. The number of rotatable bonds is 8. The van der Waals surface area contributed by atoms with Gasteiger partial charge in [0.05, 0.1) is 30.0 Å². The normalized spacial score (nSPS) is 20.4. The Hall–Kier alpha value is -3.51. The molecule has 2 N–H and O–H groups in total. The Morgan fingerprint density at radius 1 is 1.05 bits per heavy atom. The highest BCUT2D eigenvalue weighted by Gasteiger charge is 2.46. The largest absolute Gasteiger partial charge is 0.444 e. The van der Waals surface area contributed by atoms with Gasteiger partial charge >= 0.3 is 6.09 Å². The Balaban J connectivity index is 1.26. The summed E-state index contributed by atoms with van der Waals surface area (Å²) in [6.45, 7) is 10.2. The lowest BCUT2D eigenvalue weighted by atomic mass is 10.0. The molecule has 0 saturated carbocycles. The molecule has 206 valence electrons. The summed E-state index contributed by atoms with van der Waals surface area (Å²) in [6, 6.07) is 4.20. The zero-order valence-corrected chi connectivity index (χ0v) is 22.1. The van der Waals surface area contributed by atoms with Crippen LogP contribution in [0.5, 0.6) is 0 Å². The molecule has 2 saturated heterocycles. The fraction of sp³-hybridized carbons (Fsp3) is 0.577. The molecule has 1 unspecified atom stereocenters. The van der Waals surface area contributed by atoms with Crippen molar-refractivity contribution in [2.45, 2.75) is 45.3 Å². The Morgan fingerprint density at radius 2 is 1.79 bits per heavy atom. The van der Waals surface area contributed by atoms with E-state index in [0.717, 1.165) is 24.5 Å². The van der Waals surface area contributed by atoms with Crippen molar-refractivity contribution in [1.29, 1.82) is 0 Å². The van der Waals surface area contributed by atoms with Crippen LogP contribution in [0.25, 0.3) is 0 Å². The first-order chi connectivity index (χ1) is 18.0. The van der Waals surface area contributed by atoms with E-state index in [2.05, 4.69) is 20.4 Å². The van der Waals surface area contributed by atoms with Gasteiger partial charge in [-0.05, 0) is 39.3 Å². The number of fused-ring (bicyclic) bond motifs is 1. The van der Waals surface area contributed by atoms with Gasteiger partial charge in [0.2, 0.25) is 11.8 Å². The Kier molecular flexibility index (Phi) is 8.32. The van der Waals surface area contributed by atoms with E-state index in [0.29, 0.717) is 44.1 Å². The SMILES string of the molecule is CC(C)(C)OC(=O)NCCOCCN1CCN(c2cccc3c2C(=O)N(C2CCC(=O)NC2=O)C3=O)CC1. The molecule has 4 rings (SSSR count). The molecule has 2 fully saturated rings. The molecular weight excluding hydrogens is 494 g/mol. The number of carbonyl (C=O) groups excluding carboxylic acids is 5. The molecule has 0 radical (unpaired) electrons. The number of hydrogen-bond donors (Lipinski definition) is 2. The Bertz CT molecular complexity index is 1110. The van der Waals surface area contributed by atoms with E-state index in [-0.39, 0.29) is 18.4 Å². The summed E-state index contributed by atoms with van der Waals surface area (Å²) in [4.78, 5) is 67.3. The number of anilines is 1. The lowest BCUT2D eigenvalue weighted by Crippen LogP contribution is -2.54. The van der Waals surface area contributed by atoms with Gasteiger partial charge in [0.1, 0.15) is 11.6 Å². The molecule has 5 amide bonds. The summed E-state index contributed by atoms with van der Waals surface area (Å²) < 4.78 is 10.8. The first-order valence-corrected chi connectivity index (χ1v) is 12.9. The third-order valence-corrected chi connectivity index (χ3v) is 6.63. The highest BCUT2D eigenvalue weighted by Crippen LogP contribution is 2.34. The quantitative estimate of drug-likeness (QED) is 0.369. The number of alkyl carbamates (subject to hydrolysis) is 1. The van der Waals surface area contributed by atoms with Crippen LogP contribution in [0.4, 0.5) is 10.5 Å². The minimum atomic E-state index is -0.982. The molecule has 1 atom stereocenters. The van der Waals surface area contributed by atoms with Gasteiger partial charge in [-0.2, -0.15) is 0 Å². The number of piperidine rings is 1. The number of imide groups is 2. The van der Waals surface area contributed by atoms with Crippen LogP contribution < -0.4 is 15.5 Å². The molecule has 3 heterocycles. The lowest BCUT2D eigenvalue weighted by Gasteiger charge is -2.36. The van der Waals surface area contributed by atoms with E-state index < -0.39 is 41.4 Å². The summed E-state index contributed by atoms with van der Waals surface area (Å²) in [5.74, 6) is -2.01.